The minimum atomic E-state index is -0.446. The summed E-state index contributed by atoms with van der Waals surface area (Å²) in [5.74, 6) is 5.62. The highest BCUT2D eigenvalue weighted by Gasteiger charge is 2.53. The van der Waals surface area contributed by atoms with Gasteiger partial charge in [0.05, 0.1) is 36.8 Å². The van der Waals surface area contributed by atoms with Crippen molar-refractivity contribution >= 4 is 21.8 Å². The van der Waals surface area contributed by atoms with Crippen LogP contribution in [-0.4, -0.2) is 81.7 Å². The Bertz CT molecular complexity index is 2880. The molecule has 0 spiro atoms. The molecule has 0 aliphatic carbocycles. The summed E-state index contributed by atoms with van der Waals surface area (Å²) in [6.45, 7) is 11.2. The number of hydrogen-bond acceptors (Lipinski definition) is 10. The van der Waals surface area contributed by atoms with E-state index in [4.69, 9.17) is 38.9 Å². The Labute approximate surface area is 394 Å². The number of pyridine rings is 2. The first-order valence-corrected chi connectivity index (χ1v) is 24.6. The lowest BCUT2D eigenvalue weighted by Crippen LogP contribution is -2.63. The molecule has 9 heterocycles. The molecule has 6 fully saturated rings. The fraction of sp³-hybridized carbons (Fsp3) is 0.404. The molecular weight excluding hydrogens is 833 g/mol. The van der Waals surface area contributed by atoms with Crippen LogP contribution in [0.1, 0.15) is 82.6 Å². The van der Waals surface area contributed by atoms with E-state index < -0.39 is 12.2 Å². The third kappa shape index (κ3) is 7.95. The molecule has 4 bridgehead atoms. The summed E-state index contributed by atoms with van der Waals surface area (Å²) in [6.07, 6.45) is 9.78. The molecule has 7 aromatic rings. The van der Waals surface area contributed by atoms with Crippen LogP contribution >= 0.6 is 0 Å². The van der Waals surface area contributed by atoms with Crippen molar-refractivity contribution in [3.63, 3.8) is 0 Å². The van der Waals surface area contributed by atoms with Gasteiger partial charge in [-0.05, 0) is 123 Å². The van der Waals surface area contributed by atoms with E-state index in [1.54, 1.807) is 14.2 Å². The fourth-order valence-corrected chi connectivity index (χ4v) is 12.5. The Balaban J connectivity index is 1.14. The second-order valence-corrected chi connectivity index (χ2v) is 19.6. The van der Waals surface area contributed by atoms with Crippen LogP contribution in [0.3, 0.4) is 0 Å². The summed E-state index contributed by atoms with van der Waals surface area (Å²) >= 11 is 0. The summed E-state index contributed by atoms with van der Waals surface area (Å²) in [6, 6.07) is 37.4. The molecule has 344 valence electrons. The summed E-state index contributed by atoms with van der Waals surface area (Å²) in [5.41, 5.74) is 6.07. The van der Waals surface area contributed by atoms with E-state index in [1.807, 2.05) is 54.9 Å². The van der Waals surface area contributed by atoms with Crippen molar-refractivity contribution in [3.05, 3.63) is 133 Å². The molecule has 67 heavy (non-hydrogen) atoms. The van der Waals surface area contributed by atoms with Gasteiger partial charge in [-0.3, -0.25) is 19.8 Å². The van der Waals surface area contributed by atoms with Crippen molar-refractivity contribution in [3.8, 4) is 45.8 Å². The molecule has 0 saturated carbocycles. The van der Waals surface area contributed by atoms with E-state index in [2.05, 4.69) is 97.3 Å². The number of nitrogens with zero attached hydrogens (tertiary/aromatic N) is 6. The van der Waals surface area contributed by atoms with Crippen LogP contribution in [0.25, 0.3) is 44.3 Å². The number of fused-ring (bicyclic) bond motifs is 8. The van der Waals surface area contributed by atoms with Gasteiger partial charge < -0.3 is 18.9 Å². The van der Waals surface area contributed by atoms with Crippen molar-refractivity contribution in [2.75, 3.05) is 40.4 Å². The molecule has 10 heteroatoms. The van der Waals surface area contributed by atoms with Gasteiger partial charge in [0.1, 0.15) is 29.3 Å². The number of methoxy groups -OCH3 is 2. The van der Waals surface area contributed by atoms with E-state index in [-0.39, 0.29) is 11.6 Å². The van der Waals surface area contributed by atoms with Crippen LogP contribution in [0, 0.1) is 23.7 Å². The highest BCUT2D eigenvalue weighted by molar-refractivity contribution is 5.85. The van der Waals surface area contributed by atoms with Gasteiger partial charge >= 0.3 is 0 Å². The molecule has 10 atom stereocenters. The highest BCUT2D eigenvalue weighted by atomic mass is 16.5. The first-order valence-electron chi connectivity index (χ1n) is 24.6. The second kappa shape index (κ2) is 18.2. The summed E-state index contributed by atoms with van der Waals surface area (Å²) in [7, 11) is 3.44. The van der Waals surface area contributed by atoms with E-state index in [0.29, 0.717) is 41.3 Å². The topological polar surface area (TPSA) is 95.0 Å². The molecule has 0 amide bonds. The predicted molar refractivity (Wildman–Crippen MR) is 265 cm³/mol. The molecule has 7 unspecified atom stereocenters. The normalized spacial score (nSPS) is 26.3. The van der Waals surface area contributed by atoms with E-state index in [0.717, 1.165) is 100 Å². The minimum absolute atomic E-state index is 0.100. The Morgan fingerprint density at radius 1 is 0.657 bits per heavy atom. The van der Waals surface area contributed by atoms with Gasteiger partial charge in [0.25, 0.3) is 0 Å². The van der Waals surface area contributed by atoms with Crippen LogP contribution in [0.2, 0.25) is 0 Å². The smallest absolute Gasteiger partial charge is 0.229 e. The van der Waals surface area contributed by atoms with Gasteiger partial charge in [-0.2, -0.15) is 9.97 Å². The number of hydrogen-bond donors (Lipinski definition) is 0. The SMILES string of the molecule is CCC1CN2CCC1CC2[C@H](Oc1nc(-c2ccccc2)nc(O[C@H](c2ccnc3ccc(OC)cc23)[C@@]2(C)CC3CCN2CC3CC)c1-c1ccccc1)c1ccnc2ccc(OC)cc12. The summed E-state index contributed by atoms with van der Waals surface area (Å²) in [4.78, 5) is 26.1. The maximum Gasteiger partial charge on any atom is 0.229 e. The zero-order valence-corrected chi connectivity index (χ0v) is 39.5. The average molecular weight is 895 g/mol. The zero-order chi connectivity index (χ0) is 45.6. The largest absolute Gasteiger partial charge is 0.497 e. The molecule has 0 N–H and O–H groups in total. The molecule has 6 aliphatic heterocycles. The lowest BCUT2D eigenvalue weighted by molar-refractivity contribution is -0.109. The monoisotopic (exact) mass is 894 g/mol. The van der Waals surface area contributed by atoms with Gasteiger partial charge in [-0.25, -0.2) is 0 Å². The van der Waals surface area contributed by atoms with Crippen LogP contribution < -0.4 is 18.9 Å². The summed E-state index contributed by atoms with van der Waals surface area (Å²) < 4.78 is 27.3. The van der Waals surface area contributed by atoms with Gasteiger partial charge in [-0.15, -0.1) is 0 Å². The van der Waals surface area contributed by atoms with Gasteiger partial charge in [0.15, 0.2) is 5.82 Å². The number of piperidine rings is 6. The maximum absolute atomic E-state index is 7.87. The Hall–Kier alpha value is -6.10. The molecule has 6 saturated heterocycles. The molecule has 0 radical (unpaired) electrons. The second-order valence-electron chi connectivity index (χ2n) is 19.6. The van der Waals surface area contributed by atoms with Crippen molar-refractivity contribution in [1.29, 1.82) is 0 Å². The van der Waals surface area contributed by atoms with Crippen LogP contribution in [0.5, 0.6) is 23.3 Å². The van der Waals surface area contributed by atoms with Crippen molar-refractivity contribution < 1.29 is 18.9 Å². The van der Waals surface area contributed by atoms with E-state index >= 15 is 0 Å². The molecular formula is C57H62N6O4. The molecule has 10 nitrogen and oxygen atoms in total. The van der Waals surface area contributed by atoms with Crippen LogP contribution in [-0.2, 0) is 0 Å². The molecule has 6 aliphatic rings. The number of aromatic nitrogens is 4. The van der Waals surface area contributed by atoms with Crippen molar-refractivity contribution in [2.45, 2.75) is 83.1 Å². The van der Waals surface area contributed by atoms with Crippen LogP contribution in [0.15, 0.2) is 122 Å². The van der Waals surface area contributed by atoms with Crippen molar-refractivity contribution in [2.24, 2.45) is 23.7 Å². The Kier molecular flexibility index (Phi) is 11.8. The number of benzene rings is 4. The fourth-order valence-electron chi connectivity index (χ4n) is 12.5. The highest BCUT2D eigenvalue weighted by Crippen LogP contribution is 2.53. The van der Waals surface area contributed by atoms with Crippen LogP contribution in [0.4, 0.5) is 0 Å². The first-order chi connectivity index (χ1) is 32.8. The van der Waals surface area contributed by atoms with Crippen molar-refractivity contribution in [1.82, 2.24) is 29.7 Å². The van der Waals surface area contributed by atoms with Gasteiger partial charge in [-0.1, -0.05) is 87.4 Å². The lowest BCUT2D eigenvalue weighted by atomic mass is 9.66. The van der Waals surface area contributed by atoms with Gasteiger partial charge in [0, 0.05) is 52.9 Å². The van der Waals surface area contributed by atoms with E-state index in [9.17, 15) is 0 Å². The maximum atomic E-state index is 7.87. The lowest BCUT2D eigenvalue weighted by Gasteiger charge is -2.58. The summed E-state index contributed by atoms with van der Waals surface area (Å²) in [5, 5.41) is 2.01. The third-order valence-corrected chi connectivity index (χ3v) is 16.1. The number of ether oxygens (including phenoxy) is 4. The first kappa shape index (κ1) is 43.5. The Morgan fingerprint density at radius 2 is 1.25 bits per heavy atom. The Morgan fingerprint density at radius 3 is 1.85 bits per heavy atom. The van der Waals surface area contributed by atoms with E-state index in [1.165, 1.54) is 25.7 Å². The third-order valence-electron chi connectivity index (χ3n) is 16.1. The standard InChI is InChI=1S/C57H62N6O4/c1-6-36-34-62-28-24-40(36)30-50(62)52(44-22-26-58-48-20-18-42(64-4)31-46(44)48)66-55-51(38-14-10-8-11-15-38)56(61-54(60-55)39-16-12-9-13-17-39)67-53(57(3)33-41-25-29-63(57)35-37(41)7-2)45-23-27-59-49-21-19-43(65-5)32-47(45)49/h8-23,26-27,31-32,36-37,40-41,50,52-53H,6-7,24-25,28-30,33-35H2,1-5H3/t36?,37?,40?,41?,50?,52-,53-,57-/m1/s1. The number of rotatable bonds is 14. The molecule has 13 rings (SSSR count). The zero-order valence-electron chi connectivity index (χ0n) is 39.5. The molecule has 3 aromatic heterocycles. The predicted octanol–water partition coefficient (Wildman–Crippen LogP) is 11.8. The minimum Gasteiger partial charge on any atom is -0.497 e. The van der Waals surface area contributed by atoms with Gasteiger partial charge in [0.2, 0.25) is 11.8 Å². The average Bonchev–Trinajstić information content (AvgIpc) is 3.39. The molecule has 4 aromatic carbocycles. The quantitative estimate of drug-likeness (QED) is 0.105.